The van der Waals surface area contributed by atoms with Crippen LogP contribution in [0.25, 0.3) is 10.8 Å². The zero-order valence-corrected chi connectivity index (χ0v) is 17.4. The molecule has 0 saturated heterocycles. The van der Waals surface area contributed by atoms with Crippen LogP contribution < -0.4 is 29.6 Å². The van der Waals surface area contributed by atoms with Gasteiger partial charge in [-0.1, -0.05) is 52.0 Å². The number of fused-ring (bicyclic) bond motifs is 1. The van der Waals surface area contributed by atoms with Gasteiger partial charge in [0.2, 0.25) is 0 Å². The van der Waals surface area contributed by atoms with Crippen LogP contribution in [0.5, 0.6) is 0 Å². The summed E-state index contributed by atoms with van der Waals surface area (Å²) in [4.78, 5) is 0.119. The van der Waals surface area contributed by atoms with Crippen molar-refractivity contribution in [1.29, 1.82) is 0 Å². The van der Waals surface area contributed by atoms with Crippen LogP contribution >= 0.6 is 0 Å². The fraction of sp³-hybridized carbons (Fsp3) is 0.444. The van der Waals surface area contributed by atoms with Crippen LogP contribution in [0.4, 0.5) is 0 Å². The average molecular weight is 344 g/mol. The zero-order chi connectivity index (χ0) is 16.5. The molecule has 0 radical (unpaired) electrons. The molecule has 0 aliphatic rings. The van der Waals surface area contributed by atoms with Gasteiger partial charge in [-0.25, -0.2) is 0 Å². The van der Waals surface area contributed by atoms with E-state index in [0.29, 0.717) is 30.2 Å². The Morgan fingerprint density at radius 3 is 2.13 bits per heavy atom. The predicted molar refractivity (Wildman–Crippen MR) is 92.0 cm³/mol. The van der Waals surface area contributed by atoms with Crippen LogP contribution in [0.1, 0.15) is 40.2 Å². The van der Waals surface area contributed by atoms with Gasteiger partial charge in [-0.05, 0) is 52.6 Å². The molecule has 0 aromatic heterocycles. The van der Waals surface area contributed by atoms with Crippen LogP contribution in [0.3, 0.4) is 0 Å². The fourth-order valence-electron chi connectivity index (χ4n) is 2.99. The first-order valence-corrected chi connectivity index (χ1v) is 9.15. The van der Waals surface area contributed by atoms with Crippen molar-refractivity contribution in [3.63, 3.8) is 0 Å². The summed E-state index contributed by atoms with van der Waals surface area (Å²) >= 11 is 0. The van der Waals surface area contributed by atoms with E-state index in [-0.39, 0.29) is 35.9 Å². The van der Waals surface area contributed by atoms with Crippen LogP contribution in [-0.4, -0.2) is 13.0 Å². The van der Waals surface area contributed by atoms with E-state index in [1.807, 2.05) is 44.2 Å². The molecular formula is C18H25NaO3S. The van der Waals surface area contributed by atoms with Gasteiger partial charge in [-0.3, -0.25) is 4.55 Å². The molecule has 1 N–H and O–H groups in total. The molecule has 0 aliphatic carbocycles. The summed E-state index contributed by atoms with van der Waals surface area (Å²) in [6.07, 6.45) is 1.26. The van der Waals surface area contributed by atoms with E-state index in [1.54, 1.807) is 0 Å². The summed E-state index contributed by atoms with van der Waals surface area (Å²) in [6, 6.07) is 9.69. The molecule has 0 heterocycles. The van der Waals surface area contributed by atoms with Gasteiger partial charge in [-0.2, -0.15) is 8.42 Å². The Kier molecular flexibility index (Phi) is 7.30. The SMILES string of the molecule is CC(C)Cc1cc2ccccc2c(CC(C)C)c1S(=O)(=O)O.[H-].[Na+]. The minimum Gasteiger partial charge on any atom is -1.00 e. The van der Waals surface area contributed by atoms with Crippen molar-refractivity contribution in [2.45, 2.75) is 45.4 Å². The van der Waals surface area contributed by atoms with Gasteiger partial charge in [0, 0.05) is 0 Å². The molecule has 0 unspecified atom stereocenters. The van der Waals surface area contributed by atoms with E-state index < -0.39 is 10.1 Å². The monoisotopic (exact) mass is 344 g/mol. The third-order valence-corrected chi connectivity index (χ3v) is 4.70. The van der Waals surface area contributed by atoms with E-state index in [2.05, 4.69) is 13.8 Å². The molecular weight excluding hydrogens is 319 g/mol. The number of benzene rings is 2. The Morgan fingerprint density at radius 2 is 1.61 bits per heavy atom. The topological polar surface area (TPSA) is 54.4 Å². The first-order valence-electron chi connectivity index (χ1n) is 7.71. The molecule has 0 amide bonds. The van der Waals surface area contributed by atoms with Crippen molar-refractivity contribution in [3.05, 3.63) is 41.5 Å². The summed E-state index contributed by atoms with van der Waals surface area (Å²) in [5.41, 5.74) is 1.46. The van der Waals surface area contributed by atoms with Crippen molar-refractivity contribution in [1.82, 2.24) is 0 Å². The smallest absolute Gasteiger partial charge is 1.00 e. The maximum atomic E-state index is 12.0. The Bertz CT molecular complexity index is 786. The van der Waals surface area contributed by atoms with Crippen molar-refractivity contribution in [2.75, 3.05) is 0 Å². The molecule has 0 fully saturated rings. The Balaban J connectivity index is 0.00000264. The quantitative estimate of drug-likeness (QED) is 0.662. The van der Waals surface area contributed by atoms with Crippen molar-refractivity contribution < 1.29 is 44.0 Å². The second kappa shape index (κ2) is 8.13. The molecule has 2 rings (SSSR count). The summed E-state index contributed by atoms with van der Waals surface area (Å²) in [7, 11) is -4.25. The van der Waals surface area contributed by atoms with E-state index in [1.165, 1.54) is 0 Å². The third kappa shape index (κ3) is 5.04. The predicted octanol–water partition coefficient (Wildman–Crippen LogP) is 1.60. The molecule has 0 atom stereocenters. The average Bonchev–Trinajstić information content (AvgIpc) is 2.35. The summed E-state index contributed by atoms with van der Waals surface area (Å²) in [6.45, 7) is 8.20. The minimum absolute atomic E-state index is 0. The molecule has 23 heavy (non-hydrogen) atoms. The summed E-state index contributed by atoms with van der Waals surface area (Å²) in [5, 5.41) is 1.94. The van der Waals surface area contributed by atoms with Gasteiger partial charge in [0.1, 0.15) is 4.90 Å². The van der Waals surface area contributed by atoms with Crippen LogP contribution in [0.15, 0.2) is 35.2 Å². The van der Waals surface area contributed by atoms with Crippen LogP contribution in [0, 0.1) is 11.8 Å². The Morgan fingerprint density at radius 1 is 1.04 bits per heavy atom. The maximum absolute atomic E-state index is 12.0. The van der Waals surface area contributed by atoms with Crippen molar-refractivity contribution >= 4 is 20.9 Å². The van der Waals surface area contributed by atoms with Gasteiger partial charge in [0.05, 0.1) is 0 Å². The minimum atomic E-state index is -4.25. The van der Waals surface area contributed by atoms with Crippen LogP contribution in [0.2, 0.25) is 0 Å². The van der Waals surface area contributed by atoms with E-state index in [4.69, 9.17) is 0 Å². The maximum Gasteiger partial charge on any atom is 1.00 e. The van der Waals surface area contributed by atoms with Gasteiger partial charge < -0.3 is 1.43 Å². The Labute approximate surface area is 163 Å². The zero-order valence-electron chi connectivity index (χ0n) is 15.6. The molecule has 5 heteroatoms. The number of hydrogen-bond donors (Lipinski definition) is 1. The molecule has 3 nitrogen and oxygen atoms in total. The molecule has 122 valence electrons. The molecule has 0 bridgehead atoms. The molecule has 2 aromatic carbocycles. The van der Waals surface area contributed by atoms with Gasteiger partial charge in [-0.15, -0.1) is 0 Å². The van der Waals surface area contributed by atoms with Gasteiger partial charge in [0.25, 0.3) is 10.1 Å². The standard InChI is InChI=1S/C18H24O3S.Na.H/c1-12(2)9-15-11-14-7-5-6-8-16(14)17(10-13(3)4)18(15)22(19,20)21;;/h5-8,11-13H,9-10H2,1-4H3,(H,19,20,21);;/q;+1;-1. The first-order chi connectivity index (χ1) is 10.2. The molecule has 0 saturated carbocycles. The summed E-state index contributed by atoms with van der Waals surface area (Å²) in [5.74, 6) is 0.617. The molecule has 0 spiro atoms. The normalized spacial score (nSPS) is 12.0. The van der Waals surface area contributed by atoms with Gasteiger partial charge >= 0.3 is 29.6 Å². The van der Waals surface area contributed by atoms with E-state index in [9.17, 15) is 13.0 Å². The van der Waals surface area contributed by atoms with E-state index >= 15 is 0 Å². The van der Waals surface area contributed by atoms with Crippen LogP contribution in [-0.2, 0) is 23.0 Å². The van der Waals surface area contributed by atoms with Crippen molar-refractivity contribution in [2.24, 2.45) is 11.8 Å². The van der Waals surface area contributed by atoms with E-state index in [0.717, 1.165) is 16.3 Å². The van der Waals surface area contributed by atoms with Gasteiger partial charge in [0.15, 0.2) is 0 Å². The third-order valence-electron chi connectivity index (χ3n) is 3.68. The van der Waals surface area contributed by atoms with Crippen molar-refractivity contribution in [3.8, 4) is 0 Å². The fourth-order valence-corrected chi connectivity index (χ4v) is 3.97. The second-order valence-corrected chi connectivity index (χ2v) is 8.09. The number of rotatable bonds is 5. The number of hydrogen-bond acceptors (Lipinski definition) is 2. The Hall–Kier alpha value is -0.390. The first kappa shape index (κ1) is 20.7. The molecule has 0 aliphatic heterocycles. The second-order valence-electron chi connectivity index (χ2n) is 6.74. The largest absolute Gasteiger partial charge is 1.00 e. The summed E-state index contributed by atoms with van der Waals surface area (Å²) < 4.78 is 33.9. The molecule has 2 aromatic rings.